The molecule has 0 bridgehead atoms. The molecule has 0 aliphatic carbocycles. The molecule has 3 aromatic rings. The average molecular weight is 280 g/mol. The monoisotopic (exact) mass is 280 g/mol. The van der Waals surface area contributed by atoms with Crippen LogP contribution in [0.4, 0.5) is 0 Å². The number of methoxy groups -OCH3 is 1. The van der Waals surface area contributed by atoms with Crippen molar-refractivity contribution < 1.29 is 4.74 Å². The standard InChI is InChI=1S/C18H20N2O/c1-13-3-5-14(6-4-13)10-19-11-15-12-20-18-8-7-16(21-2)9-17(15)18/h3-9,12,19-20H,10-11H2,1-2H3. The SMILES string of the molecule is COc1ccc2[nH]cc(CNCc3ccc(C)cc3)c2c1. The number of H-pyrrole nitrogens is 1. The Hall–Kier alpha value is -2.26. The van der Waals surface area contributed by atoms with Gasteiger partial charge in [0.25, 0.3) is 0 Å². The molecular weight excluding hydrogens is 260 g/mol. The van der Waals surface area contributed by atoms with Crippen LogP contribution in [0.1, 0.15) is 16.7 Å². The molecule has 0 saturated carbocycles. The molecule has 3 heteroatoms. The second-order valence-corrected chi connectivity index (χ2v) is 5.31. The van der Waals surface area contributed by atoms with Crippen LogP contribution >= 0.6 is 0 Å². The Balaban J connectivity index is 1.69. The molecule has 21 heavy (non-hydrogen) atoms. The van der Waals surface area contributed by atoms with E-state index in [1.165, 1.54) is 22.1 Å². The minimum atomic E-state index is 0.834. The molecule has 0 amide bonds. The van der Waals surface area contributed by atoms with Gasteiger partial charge in [-0.1, -0.05) is 29.8 Å². The Morgan fingerprint density at radius 1 is 1.05 bits per heavy atom. The quantitative estimate of drug-likeness (QED) is 0.746. The van der Waals surface area contributed by atoms with E-state index < -0.39 is 0 Å². The summed E-state index contributed by atoms with van der Waals surface area (Å²) >= 11 is 0. The number of aromatic amines is 1. The molecular formula is C18H20N2O. The van der Waals surface area contributed by atoms with Crippen molar-refractivity contribution in [3.8, 4) is 5.75 Å². The van der Waals surface area contributed by atoms with Crippen LogP contribution in [0, 0.1) is 6.92 Å². The second-order valence-electron chi connectivity index (χ2n) is 5.31. The fourth-order valence-corrected chi connectivity index (χ4v) is 2.48. The summed E-state index contributed by atoms with van der Waals surface area (Å²) in [5, 5.41) is 4.71. The first-order chi connectivity index (χ1) is 10.3. The summed E-state index contributed by atoms with van der Waals surface area (Å²) in [5.41, 5.74) is 5.00. The Kier molecular flexibility index (Phi) is 3.93. The van der Waals surface area contributed by atoms with Crippen molar-refractivity contribution in [2.24, 2.45) is 0 Å². The van der Waals surface area contributed by atoms with Gasteiger partial charge in [0.05, 0.1) is 7.11 Å². The Morgan fingerprint density at radius 3 is 2.62 bits per heavy atom. The maximum atomic E-state index is 5.30. The van der Waals surface area contributed by atoms with Crippen LogP contribution in [0.3, 0.4) is 0 Å². The number of nitrogens with one attached hydrogen (secondary N) is 2. The average Bonchev–Trinajstić information content (AvgIpc) is 2.91. The molecule has 3 nitrogen and oxygen atoms in total. The van der Waals surface area contributed by atoms with Crippen molar-refractivity contribution in [3.05, 3.63) is 65.4 Å². The van der Waals surface area contributed by atoms with Crippen LogP contribution in [-0.4, -0.2) is 12.1 Å². The van der Waals surface area contributed by atoms with E-state index in [9.17, 15) is 0 Å². The van der Waals surface area contributed by atoms with Crippen molar-refractivity contribution in [1.29, 1.82) is 0 Å². The highest BCUT2D eigenvalue weighted by Gasteiger charge is 2.04. The Labute approximate surface area is 125 Å². The molecule has 2 N–H and O–H groups in total. The molecule has 0 fully saturated rings. The number of aryl methyl sites for hydroxylation is 1. The van der Waals surface area contributed by atoms with Crippen molar-refractivity contribution in [1.82, 2.24) is 10.3 Å². The lowest BCUT2D eigenvalue weighted by atomic mass is 10.1. The first kappa shape index (κ1) is 13.7. The van der Waals surface area contributed by atoms with Crippen molar-refractivity contribution >= 4 is 10.9 Å². The number of fused-ring (bicyclic) bond motifs is 1. The molecule has 0 spiro atoms. The molecule has 0 atom stereocenters. The minimum Gasteiger partial charge on any atom is -0.497 e. The van der Waals surface area contributed by atoms with E-state index in [0.29, 0.717) is 0 Å². The van der Waals surface area contributed by atoms with Gasteiger partial charge >= 0.3 is 0 Å². The molecule has 1 aromatic heterocycles. The van der Waals surface area contributed by atoms with Crippen LogP contribution in [0.15, 0.2) is 48.7 Å². The molecule has 0 aliphatic heterocycles. The number of aromatic nitrogens is 1. The number of hydrogen-bond acceptors (Lipinski definition) is 2. The van der Waals surface area contributed by atoms with Crippen LogP contribution < -0.4 is 10.1 Å². The summed E-state index contributed by atoms with van der Waals surface area (Å²) in [6, 6.07) is 14.7. The predicted molar refractivity (Wildman–Crippen MR) is 86.6 cm³/mol. The summed E-state index contributed by atoms with van der Waals surface area (Å²) in [7, 11) is 1.70. The summed E-state index contributed by atoms with van der Waals surface area (Å²) in [4.78, 5) is 3.30. The Morgan fingerprint density at radius 2 is 1.86 bits per heavy atom. The minimum absolute atomic E-state index is 0.834. The van der Waals surface area contributed by atoms with Crippen LogP contribution in [0.25, 0.3) is 10.9 Å². The lowest BCUT2D eigenvalue weighted by Gasteiger charge is -2.05. The van der Waals surface area contributed by atoms with Gasteiger partial charge in [-0.05, 0) is 36.2 Å². The predicted octanol–water partition coefficient (Wildman–Crippen LogP) is 3.77. The van der Waals surface area contributed by atoms with Crippen molar-refractivity contribution in [3.63, 3.8) is 0 Å². The van der Waals surface area contributed by atoms with Crippen LogP contribution in [-0.2, 0) is 13.1 Å². The van der Waals surface area contributed by atoms with Crippen LogP contribution in [0.2, 0.25) is 0 Å². The van der Waals surface area contributed by atoms with E-state index in [2.05, 4.69) is 59.8 Å². The molecule has 2 aromatic carbocycles. The summed E-state index contributed by atoms with van der Waals surface area (Å²) in [6.45, 7) is 3.81. The lowest BCUT2D eigenvalue weighted by Crippen LogP contribution is -2.12. The third kappa shape index (κ3) is 3.09. The summed E-state index contributed by atoms with van der Waals surface area (Å²) in [5.74, 6) is 0.891. The van der Waals surface area contributed by atoms with Crippen LogP contribution in [0.5, 0.6) is 5.75 Å². The van der Waals surface area contributed by atoms with Gasteiger partial charge in [0.1, 0.15) is 5.75 Å². The topological polar surface area (TPSA) is 37.0 Å². The summed E-state index contributed by atoms with van der Waals surface area (Å²) in [6.07, 6.45) is 2.06. The molecule has 1 heterocycles. The fraction of sp³-hybridized carbons (Fsp3) is 0.222. The molecule has 108 valence electrons. The zero-order chi connectivity index (χ0) is 14.7. The van der Waals surface area contributed by atoms with Gasteiger partial charge in [0.2, 0.25) is 0 Å². The highest BCUT2D eigenvalue weighted by molar-refractivity contribution is 5.84. The number of benzene rings is 2. The normalized spacial score (nSPS) is 11.0. The number of ether oxygens (including phenoxy) is 1. The van der Waals surface area contributed by atoms with E-state index in [-0.39, 0.29) is 0 Å². The highest BCUT2D eigenvalue weighted by atomic mass is 16.5. The second kappa shape index (κ2) is 6.02. The van der Waals surface area contributed by atoms with E-state index >= 15 is 0 Å². The fourth-order valence-electron chi connectivity index (χ4n) is 2.48. The molecule has 0 unspecified atom stereocenters. The maximum absolute atomic E-state index is 5.30. The third-order valence-electron chi connectivity index (χ3n) is 3.74. The van der Waals surface area contributed by atoms with E-state index in [0.717, 1.165) is 24.4 Å². The van der Waals surface area contributed by atoms with Gasteiger partial charge in [0, 0.05) is 30.2 Å². The summed E-state index contributed by atoms with van der Waals surface area (Å²) < 4.78 is 5.30. The van der Waals surface area contributed by atoms with E-state index in [4.69, 9.17) is 4.74 Å². The van der Waals surface area contributed by atoms with Crippen molar-refractivity contribution in [2.75, 3.05) is 7.11 Å². The lowest BCUT2D eigenvalue weighted by molar-refractivity contribution is 0.415. The van der Waals surface area contributed by atoms with Gasteiger partial charge in [-0.15, -0.1) is 0 Å². The van der Waals surface area contributed by atoms with Gasteiger partial charge in [-0.3, -0.25) is 0 Å². The third-order valence-corrected chi connectivity index (χ3v) is 3.74. The zero-order valence-corrected chi connectivity index (χ0v) is 12.4. The van der Waals surface area contributed by atoms with Crippen molar-refractivity contribution in [2.45, 2.75) is 20.0 Å². The Bertz CT molecular complexity index is 729. The van der Waals surface area contributed by atoms with E-state index in [1.807, 2.05) is 6.07 Å². The van der Waals surface area contributed by atoms with Gasteiger partial charge in [0.15, 0.2) is 0 Å². The zero-order valence-electron chi connectivity index (χ0n) is 12.4. The first-order valence-electron chi connectivity index (χ1n) is 7.16. The molecule has 0 saturated heterocycles. The number of hydrogen-bond donors (Lipinski definition) is 2. The largest absolute Gasteiger partial charge is 0.497 e. The van der Waals surface area contributed by atoms with Gasteiger partial charge in [-0.2, -0.15) is 0 Å². The maximum Gasteiger partial charge on any atom is 0.119 e. The highest BCUT2D eigenvalue weighted by Crippen LogP contribution is 2.23. The smallest absolute Gasteiger partial charge is 0.119 e. The van der Waals surface area contributed by atoms with Gasteiger partial charge < -0.3 is 15.0 Å². The first-order valence-corrected chi connectivity index (χ1v) is 7.16. The van der Waals surface area contributed by atoms with Gasteiger partial charge in [-0.25, -0.2) is 0 Å². The molecule has 0 radical (unpaired) electrons. The van der Waals surface area contributed by atoms with E-state index in [1.54, 1.807) is 7.11 Å². The molecule has 3 rings (SSSR count). The number of rotatable bonds is 5. The molecule has 0 aliphatic rings.